The van der Waals surface area contributed by atoms with Crippen LogP contribution in [0.2, 0.25) is 0 Å². The highest BCUT2D eigenvalue weighted by molar-refractivity contribution is 5.81. The van der Waals surface area contributed by atoms with Crippen LogP contribution < -0.4 is 0 Å². The molecule has 0 bridgehead atoms. The molecule has 0 saturated carbocycles. The van der Waals surface area contributed by atoms with Crippen molar-refractivity contribution in [2.45, 2.75) is 61.8 Å². The van der Waals surface area contributed by atoms with Gasteiger partial charge >= 0.3 is 0 Å². The molecule has 0 aliphatic carbocycles. The second kappa shape index (κ2) is 9.64. The molecule has 0 heterocycles. The van der Waals surface area contributed by atoms with Crippen molar-refractivity contribution < 1.29 is 9.53 Å². The van der Waals surface area contributed by atoms with E-state index in [1.165, 1.54) is 0 Å². The number of ketones is 1. The molecule has 1 unspecified atom stereocenters. The molecular weight excluding hydrogens is 212 g/mol. The van der Waals surface area contributed by atoms with Crippen LogP contribution in [0.25, 0.3) is 0 Å². The summed E-state index contributed by atoms with van der Waals surface area (Å²) in [5.41, 5.74) is 0.139. The maximum absolute atomic E-state index is 11.6. The largest absolute Gasteiger partial charge is 0.382 e. The van der Waals surface area contributed by atoms with E-state index in [9.17, 15) is 4.79 Å². The number of rotatable bonds is 5. The molecule has 0 aromatic rings. The van der Waals surface area contributed by atoms with E-state index in [1.54, 1.807) is 0 Å². The Balaban J connectivity index is 0. The van der Waals surface area contributed by atoms with Crippen molar-refractivity contribution in [1.29, 1.82) is 0 Å². The van der Waals surface area contributed by atoms with E-state index >= 15 is 0 Å². The van der Waals surface area contributed by atoms with Gasteiger partial charge in [-0.15, -0.1) is 0 Å². The van der Waals surface area contributed by atoms with Gasteiger partial charge in [-0.05, 0) is 25.2 Å². The van der Waals surface area contributed by atoms with Crippen molar-refractivity contribution in [3.63, 3.8) is 0 Å². The van der Waals surface area contributed by atoms with Crippen LogP contribution >= 0.6 is 0 Å². The van der Waals surface area contributed by atoms with Crippen molar-refractivity contribution >= 4 is 5.78 Å². The smallest absolute Gasteiger partial charge is 0.136 e. The molecule has 0 fully saturated rings. The maximum atomic E-state index is 11.6. The Bertz CT molecular complexity index is 188. The number of carbonyl (C=O) groups excluding carboxylic acids is 1. The summed E-state index contributed by atoms with van der Waals surface area (Å²) >= 11 is 0. The zero-order chi connectivity index (χ0) is 14.1. The Morgan fingerprint density at radius 3 is 1.65 bits per heavy atom. The second-order valence-electron chi connectivity index (χ2n) is 6.02. The van der Waals surface area contributed by atoms with Gasteiger partial charge in [-0.3, -0.25) is 4.79 Å². The number of carbonyl (C=O) groups is 1. The Morgan fingerprint density at radius 2 is 1.47 bits per heavy atom. The molecule has 0 saturated heterocycles. The molecule has 0 aliphatic rings. The van der Waals surface area contributed by atoms with Gasteiger partial charge in [0.15, 0.2) is 0 Å². The molecule has 0 aromatic heterocycles. The summed E-state index contributed by atoms with van der Waals surface area (Å²) in [4.78, 5) is 11.6. The molecule has 0 amide bonds. The molecule has 2 nitrogen and oxygen atoms in total. The van der Waals surface area contributed by atoms with Gasteiger partial charge in [-0.2, -0.15) is 0 Å². The molecule has 0 spiro atoms. The Labute approximate surface area is 108 Å². The van der Waals surface area contributed by atoms with Crippen molar-refractivity contribution in [1.82, 2.24) is 0 Å². The number of hydrogen-bond donors (Lipinski definition) is 0. The molecule has 1 atom stereocenters. The first-order chi connectivity index (χ1) is 7.65. The highest BCUT2D eigenvalue weighted by atomic mass is 16.5. The number of hydrogen-bond acceptors (Lipinski definition) is 2. The first kappa shape index (κ1) is 19.0. The lowest BCUT2D eigenvalue weighted by molar-refractivity contribution is -0.125. The normalized spacial score (nSPS) is 13.0. The minimum absolute atomic E-state index is 0.139. The lowest BCUT2D eigenvalue weighted by Gasteiger charge is -2.21. The van der Waals surface area contributed by atoms with E-state index < -0.39 is 0 Å². The lowest BCUT2D eigenvalue weighted by atomic mass is 9.83. The fourth-order valence-electron chi connectivity index (χ4n) is 1.26. The van der Waals surface area contributed by atoms with Gasteiger partial charge in [0.1, 0.15) is 5.78 Å². The summed E-state index contributed by atoms with van der Waals surface area (Å²) < 4.78 is 4.83. The van der Waals surface area contributed by atoms with E-state index in [0.29, 0.717) is 18.1 Å². The monoisotopic (exact) mass is 244 g/mol. The van der Waals surface area contributed by atoms with E-state index in [4.69, 9.17) is 4.74 Å². The van der Waals surface area contributed by atoms with Crippen molar-refractivity contribution in [3.8, 4) is 0 Å². The number of ether oxygens (including phenoxy) is 1. The molecule has 0 N–H and O–H groups in total. The van der Waals surface area contributed by atoms with Crippen LogP contribution in [0.5, 0.6) is 0 Å². The summed E-state index contributed by atoms with van der Waals surface area (Å²) in [5.74, 6) is 1.08. The third-order valence-electron chi connectivity index (χ3n) is 2.62. The van der Waals surface area contributed by atoms with Crippen molar-refractivity contribution in [2.24, 2.45) is 17.3 Å². The van der Waals surface area contributed by atoms with Gasteiger partial charge in [-0.25, -0.2) is 0 Å². The average molecular weight is 244 g/mol. The van der Waals surface area contributed by atoms with Gasteiger partial charge in [0.2, 0.25) is 0 Å². The molecule has 2 heteroatoms. The molecule has 0 radical (unpaired) electrons. The van der Waals surface area contributed by atoms with Crippen LogP contribution in [0.4, 0.5) is 0 Å². The van der Waals surface area contributed by atoms with E-state index in [2.05, 4.69) is 34.6 Å². The van der Waals surface area contributed by atoms with Gasteiger partial charge < -0.3 is 4.74 Å². The van der Waals surface area contributed by atoms with Gasteiger partial charge in [0.25, 0.3) is 0 Å². The lowest BCUT2D eigenvalue weighted by Crippen LogP contribution is -2.22. The zero-order valence-corrected chi connectivity index (χ0v) is 13.1. The molecule has 104 valence electrons. The van der Waals surface area contributed by atoms with Crippen molar-refractivity contribution in [3.05, 3.63) is 0 Å². The zero-order valence-electron chi connectivity index (χ0n) is 13.1. The average Bonchev–Trinajstić information content (AvgIpc) is 2.16. The maximum Gasteiger partial charge on any atom is 0.136 e. The van der Waals surface area contributed by atoms with Crippen molar-refractivity contribution in [2.75, 3.05) is 13.2 Å². The van der Waals surface area contributed by atoms with Crippen LogP contribution in [0, 0.1) is 17.3 Å². The minimum Gasteiger partial charge on any atom is -0.382 e. The highest BCUT2D eigenvalue weighted by Gasteiger charge is 2.22. The Kier molecular flexibility index (Phi) is 10.8. The van der Waals surface area contributed by atoms with Crippen LogP contribution in [0.3, 0.4) is 0 Å². The fourth-order valence-corrected chi connectivity index (χ4v) is 1.26. The summed E-state index contributed by atoms with van der Waals surface area (Å²) in [7, 11) is 0. The number of Topliss-reactive ketones (excluding diaryl/α,β-unsaturated/α-hetero) is 1. The van der Waals surface area contributed by atoms with Gasteiger partial charge in [-0.1, -0.05) is 41.5 Å². The van der Waals surface area contributed by atoms with E-state index in [-0.39, 0.29) is 11.3 Å². The summed E-state index contributed by atoms with van der Waals surface area (Å²) in [6.07, 6.45) is 0.701. The van der Waals surface area contributed by atoms with E-state index in [0.717, 1.165) is 13.2 Å². The first-order valence-corrected chi connectivity index (χ1v) is 6.76. The van der Waals surface area contributed by atoms with Gasteiger partial charge in [0.05, 0.1) is 0 Å². The SMILES string of the molecule is CC(C)C(C)C(=O)CC(C)(C)C.CCOCC. The Hall–Kier alpha value is -0.370. The molecule has 0 aromatic carbocycles. The predicted octanol–water partition coefficient (Wildman–Crippen LogP) is 4.33. The summed E-state index contributed by atoms with van der Waals surface area (Å²) in [6, 6.07) is 0. The first-order valence-electron chi connectivity index (χ1n) is 6.76. The van der Waals surface area contributed by atoms with E-state index in [1.807, 2.05) is 20.8 Å². The van der Waals surface area contributed by atoms with Crippen LogP contribution in [-0.4, -0.2) is 19.0 Å². The Morgan fingerprint density at radius 1 is 1.06 bits per heavy atom. The third-order valence-corrected chi connectivity index (χ3v) is 2.62. The topological polar surface area (TPSA) is 26.3 Å². The molecule has 0 aliphatic heterocycles. The fraction of sp³-hybridized carbons (Fsp3) is 0.933. The summed E-state index contributed by atoms with van der Waals surface area (Å²) in [5, 5.41) is 0. The molecule has 17 heavy (non-hydrogen) atoms. The highest BCUT2D eigenvalue weighted by Crippen LogP contribution is 2.23. The van der Waals surface area contributed by atoms with Gasteiger partial charge in [0, 0.05) is 25.6 Å². The van der Waals surface area contributed by atoms with Crippen LogP contribution in [-0.2, 0) is 9.53 Å². The predicted molar refractivity (Wildman–Crippen MR) is 75.2 cm³/mol. The molecular formula is C15H32O2. The molecule has 0 rings (SSSR count). The van der Waals surface area contributed by atoms with Crippen LogP contribution in [0.1, 0.15) is 61.8 Å². The second-order valence-corrected chi connectivity index (χ2v) is 6.02. The standard InChI is InChI=1S/C11H22O.C4H10O/c1-8(2)9(3)10(12)7-11(4,5)6;1-3-5-4-2/h8-9H,7H2,1-6H3;3-4H2,1-2H3. The van der Waals surface area contributed by atoms with Crippen LogP contribution in [0.15, 0.2) is 0 Å². The quantitative estimate of drug-likeness (QED) is 0.719. The minimum atomic E-state index is 0.139. The third kappa shape index (κ3) is 13.6. The summed E-state index contributed by atoms with van der Waals surface area (Å²) in [6.45, 7) is 18.2.